The summed E-state index contributed by atoms with van der Waals surface area (Å²) in [7, 11) is 0. The molecule has 1 N–H and O–H groups in total. The van der Waals surface area contributed by atoms with Gasteiger partial charge in [0.2, 0.25) is 0 Å². The van der Waals surface area contributed by atoms with E-state index in [2.05, 4.69) is 57.6 Å². The first-order chi connectivity index (χ1) is 20.5. The predicted octanol–water partition coefficient (Wildman–Crippen LogP) is 4.30. The molecule has 1 aromatic heterocycles. The van der Waals surface area contributed by atoms with E-state index in [0.717, 1.165) is 52.1 Å². The molecule has 2 atom stereocenters. The monoisotopic (exact) mass is 599 g/mol. The Balaban J connectivity index is 1.45. The zero-order valence-electron chi connectivity index (χ0n) is 27.0. The molecule has 1 aromatic carbocycles. The van der Waals surface area contributed by atoms with Gasteiger partial charge in [-0.1, -0.05) is 27.7 Å². The van der Waals surface area contributed by atoms with Crippen molar-refractivity contribution in [2.45, 2.75) is 79.5 Å². The zero-order chi connectivity index (χ0) is 31.3. The van der Waals surface area contributed by atoms with Crippen molar-refractivity contribution >= 4 is 11.7 Å². The lowest BCUT2D eigenvalue weighted by Crippen LogP contribution is -2.62. The lowest BCUT2D eigenvalue weighted by molar-refractivity contribution is -0.0485. The maximum atomic E-state index is 14.3. The standard InChI is InChI=1S/C32H50FN7O3/c1-8-37(9-2)17-25(41)16-27(22(4)5)39-19-32(20-39)13-14-38(18-32)29-30(36-35-21-34-29)43-28-12-11-24(33)15-26(28)31(42)40(10-3)23(6)7/h11-12,15,21-23,25,27,41H,8-10,13-14,16-20H2,1-7H3/t25-,27-/m0/s1. The van der Waals surface area contributed by atoms with Crippen molar-refractivity contribution in [3.8, 4) is 11.6 Å². The van der Waals surface area contributed by atoms with Gasteiger partial charge in [0, 0.05) is 56.8 Å². The minimum atomic E-state index is -0.510. The third-order valence-corrected chi connectivity index (χ3v) is 9.11. The fourth-order valence-electron chi connectivity index (χ4n) is 6.70. The van der Waals surface area contributed by atoms with Crippen LogP contribution >= 0.6 is 0 Å². The smallest absolute Gasteiger partial charge is 0.282 e. The number of nitrogens with zero attached hydrogens (tertiary/aromatic N) is 7. The van der Waals surface area contributed by atoms with Gasteiger partial charge in [-0.2, -0.15) is 0 Å². The molecule has 0 radical (unpaired) electrons. The summed E-state index contributed by atoms with van der Waals surface area (Å²) in [5.74, 6) is 0.620. The summed E-state index contributed by atoms with van der Waals surface area (Å²) in [5.41, 5.74) is 0.275. The number of likely N-dealkylation sites (N-methyl/N-ethyl adjacent to an activating group) is 1. The van der Waals surface area contributed by atoms with Crippen LogP contribution in [0.2, 0.25) is 0 Å². The van der Waals surface area contributed by atoms with E-state index in [1.54, 1.807) is 4.90 Å². The average Bonchev–Trinajstić information content (AvgIpc) is 3.41. The van der Waals surface area contributed by atoms with Crippen LogP contribution in [-0.4, -0.2) is 111 Å². The van der Waals surface area contributed by atoms with Gasteiger partial charge in [0.05, 0.1) is 11.7 Å². The van der Waals surface area contributed by atoms with E-state index in [9.17, 15) is 14.3 Å². The highest BCUT2D eigenvalue weighted by atomic mass is 19.1. The molecule has 1 spiro atoms. The quantitative estimate of drug-likeness (QED) is 0.341. The molecule has 10 nitrogen and oxygen atoms in total. The molecule has 0 aliphatic carbocycles. The van der Waals surface area contributed by atoms with Crippen LogP contribution in [0.4, 0.5) is 10.2 Å². The topological polar surface area (TPSA) is 98.2 Å². The fourth-order valence-corrected chi connectivity index (χ4v) is 6.70. The van der Waals surface area contributed by atoms with Crippen LogP contribution in [0.1, 0.15) is 71.7 Å². The van der Waals surface area contributed by atoms with Crippen molar-refractivity contribution in [3.63, 3.8) is 0 Å². The zero-order valence-corrected chi connectivity index (χ0v) is 27.0. The molecule has 2 aliphatic heterocycles. The Kier molecular flexibility index (Phi) is 10.9. The Hall–Kier alpha value is -2.89. The maximum absolute atomic E-state index is 14.3. The second kappa shape index (κ2) is 14.3. The number of aliphatic hydroxyl groups excluding tert-OH is 1. The molecule has 1 amide bonds. The van der Waals surface area contributed by atoms with Crippen molar-refractivity contribution < 1.29 is 19.0 Å². The van der Waals surface area contributed by atoms with Gasteiger partial charge in [0.25, 0.3) is 11.8 Å². The van der Waals surface area contributed by atoms with E-state index in [1.807, 2.05) is 20.8 Å². The first-order valence-electron chi connectivity index (χ1n) is 15.9. The fraction of sp³-hybridized carbons (Fsp3) is 0.688. The molecule has 0 unspecified atom stereocenters. The van der Waals surface area contributed by atoms with Gasteiger partial charge in [-0.15, -0.1) is 10.2 Å². The van der Waals surface area contributed by atoms with E-state index < -0.39 is 5.82 Å². The van der Waals surface area contributed by atoms with Crippen LogP contribution in [0.5, 0.6) is 11.6 Å². The van der Waals surface area contributed by atoms with Gasteiger partial charge in [-0.3, -0.25) is 9.69 Å². The minimum Gasteiger partial charge on any atom is -0.434 e. The Morgan fingerprint density at radius 2 is 1.84 bits per heavy atom. The Labute approximate surface area is 256 Å². The minimum absolute atomic E-state index is 0.0499. The number of aliphatic hydroxyl groups is 1. The molecular weight excluding hydrogens is 549 g/mol. The molecule has 4 rings (SSSR count). The summed E-state index contributed by atoms with van der Waals surface area (Å²) in [6, 6.07) is 4.23. The van der Waals surface area contributed by atoms with Crippen LogP contribution in [0.3, 0.4) is 0 Å². The lowest BCUT2D eigenvalue weighted by Gasteiger charge is -2.53. The number of rotatable bonds is 14. The molecule has 11 heteroatoms. The SMILES string of the molecule is CCN(CC)C[C@@H](O)C[C@@H](C(C)C)N1CC2(CCN(c3ncnnc3Oc3ccc(F)cc3C(=O)N(CC)C(C)C)C2)C1. The Morgan fingerprint density at radius 3 is 2.47 bits per heavy atom. The van der Waals surface area contributed by atoms with Gasteiger partial charge in [-0.05, 0) is 70.8 Å². The summed E-state index contributed by atoms with van der Waals surface area (Å²) in [4.78, 5) is 26.5. The van der Waals surface area contributed by atoms with E-state index in [4.69, 9.17) is 4.74 Å². The number of likely N-dealkylation sites (tertiary alicyclic amines) is 1. The third-order valence-electron chi connectivity index (χ3n) is 9.11. The predicted molar refractivity (Wildman–Crippen MR) is 166 cm³/mol. The summed E-state index contributed by atoms with van der Waals surface area (Å²) in [6.45, 7) is 21.1. The molecule has 0 saturated carbocycles. The number of carbonyl (C=O) groups is 1. The van der Waals surface area contributed by atoms with Crippen molar-refractivity contribution in [2.24, 2.45) is 11.3 Å². The number of halogens is 1. The lowest BCUT2D eigenvalue weighted by atomic mass is 9.76. The molecule has 3 heterocycles. The van der Waals surface area contributed by atoms with Crippen LogP contribution in [0.25, 0.3) is 0 Å². The van der Waals surface area contributed by atoms with Gasteiger partial charge >= 0.3 is 0 Å². The molecule has 43 heavy (non-hydrogen) atoms. The van der Waals surface area contributed by atoms with Crippen LogP contribution in [0.15, 0.2) is 24.5 Å². The van der Waals surface area contributed by atoms with Gasteiger partial charge in [0.1, 0.15) is 17.9 Å². The Morgan fingerprint density at radius 1 is 1.12 bits per heavy atom. The van der Waals surface area contributed by atoms with Crippen molar-refractivity contribution in [1.29, 1.82) is 0 Å². The number of carbonyl (C=O) groups excluding carboxylic acids is 1. The average molecular weight is 600 g/mol. The van der Waals surface area contributed by atoms with E-state index in [0.29, 0.717) is 30.9 Å². The number of benzene rings is 1. The van der Waals surface area contributed by atoms with Crippen molar-refractivity contribution in [1.82, 2.24) is 29.9 Å². The van der Waals surface area contributed by atoms with E-state index in [1.165, 1.54) is 24.5 Å². The molecule has 2 saturated heterocycles. The molecule has 2 aromatic rings. The largest absolute Gasteiger partial charge is 0.434 e. The maximum Gasteiger partial charge on any atom is 0.282 e. The number of aromatic nitrogens is 3. The number of hydrogen-bond acceptors (Lipinski definition) is 9. The van der Waals surface area contributed by atoms with Crippen molar-refractivity contribution in [3.05, 3.63) is 35.9 Å². The summed E-state index contributed by atoms with van der Waals surface area (Å²) in [6.07, 6.45) is 2.84. The van der Waals surface area contributed by atoms with Gasteiger partial charge < -0.3 is 24.5 Å². The third kappa shape index (κ3) is 7.61. The number of ether oxygens (including phenoxy) is 1. The van der Waals surface area contributed by atoms with E-state index >= 15 is 0 Å². The Bertz CT molecular complexity index is 1220. The highest BCUT2D eigenvalue weighted by Gasteiger charge is 2.50. The number of anilines is 1. The van der Waals surface area contributed by atoms with E-state index in [-0.39, 0.29) is 40.7 Å². The molecule has 2 fully saturated rings. The summed E-state index contributed by atoms with van der Waals surface area (Å²) >= 11 is 0. The van der Waals surface area contributed by atoms with Gasteiger partial charge in [0.15, 0.2) is 5.82 Å². The van der Waals surface area contributed by atoms with Crippen LogP contribution in [-0.2, 0) is 0 Å². The molecule has 2 aliphatic rings. The summed E-state index contributed by atoms with van der Waals surface area (Å²) < 4.78 is 20.4. The summed E-state index contributed by atoms with van der Waals surface area (Å²) in [5, 5.41) is 19.0. The molecular formula is C32H50FN7O3. The first-order valence-corrected chi connectivity index (χ1v) is 15.9. The van der Waals surface area contributed by atoms with Crippen molar-refractivity contribution in [2.75, 3.05) is 57.3 Å². The second-order valence-corrected chi connectivity index (χ2v) is 12.8. The normalized spacial score (nSPS) is 18.0. The highest BCUT2D eigenvalue weighted by Crippen LogP contribution is 2.44. The van der Waals surface area contributed by atoms with Crippen LogP contribution in [0, 0.1) is 17.2 Å². The van der Waals surface area contributed by atoms with Gasteiger partial charge in [-0.25, -0.2) is 9.37 Å². The number of amides is 1. The van der Waals surface area contributed by atoms with Crippen LogP contribution < -0.4 is 9.64 Å². The second-order valence-electron chi connectivity index (χ2n) is 12.8. The molecule has 238 valence electrons. The molecule has 0 bridgehead atoms. The first kappa shape index (κ1) is 33.0. The highest BCUT2D eigenvalue weighted by molar-refractivity contribution is 5.97. The number of hydrogen-bond donors (Lipinski definition) is 1.